The monoisotopic (exact) mass is 302 g/mol. The number of rotatable bonds is 2. The van der Waals surface area contributed by atoms with E-state index in [1.165, 1.54) is 0 Å². The van der Waals surface area contributed by atoms with Crippen LogP contribution in [0.1, 0.15) is 35.1 Å². The summed E-state index contributed by atoms with van der Waals surface area (Å²) in [6.07, 6.45) is 3.41. The Morgan fingerprint density at radius 2 is 2.05 bits per heavy atom. The lowest BCUT2D eigenvalue weighted by molar-refractivity contribution is 0.0730. The van der Waals surface area contributed by atoms with Gasteiger partial charge in [0.15, 0.2) is 5.82 Å². The Morgan fingerprint density at radius 3 is 2.76 bits per heavy atom. The van der Waals surface area contributed by atoms with Gasteiger partial charge in [-0.2, -0.15) is 0 Å². The van der Waals surface area contributed by atoms with E-state index in [1.54, 1.807) is 41.4 Å². The summed E-state index contributed by atoms with van der Waals surface area (Å²) in [6, 6.07) is 8.44. The van der Waals surface area contributed by atoms with Crippen molar-refractivity contribution in [1.82, 2.24) is 14.9 Å². The highest BCUT2D eigenvalue weighted by Crippen LogP contribution is 2.31. The average Bonchev–Trinajstić information content (AvgIpc) is 2.97. The lowest BCUT2D eigenvalue weighted by atomic mass is 10.1. The van der Waals surface area contributed by atoms with Crippen molar-refractivity contribution in [3.8, 4) is 0 Å². The molecule has 0 aliphatic carbocycles. The van der Waals surface area contributed by atoms with Gasteiger partial charge in [0.25, 0.3) is 5.91 Å². The first-order valence-electron chi connectivity index (χ1n) is 6.80. The molecule has 0 spiro atoms. The molecule has 1 unspecified atom stereocenters. The molecular weight excluding hydrogens is 288 g/mol. The second-order valence-corrected chi connectivity index (χ2v) is 5.44. The van der Waals surface area contributed by atoms with Crippen LogP contribution in [0, 0.1) is 0 Å². The number of hydrogen-bond donors (Lipinski definition) is 1. The van der Waals surface area contributed by atoms with Gasteiger partial charge in [0.2, 0.25) is 0 Å². The minimum Gasteiger partial charge on any atom is -0.384 e. The number of amides is 1. The molecule has 1 atom stereocenters. The zero-order valence-electron chi connectivity index (χ0n) is 11.4. The van der Waals surface area contributed by atoms with Crippen molar-refractivity contribution in [3.63, 3.8) is 0 Å². The number of nitrogens with two attached hydrogens (primary N) is 1. The van der Waals surface area contributed by atoms with Crippen LogP contribution in [0.4, 0.5) is 5.82 Å². The van der Waals surface area contributed by atoms with E-state index in [9.17, 15) is 4.79 Å². The predicted octanol–water partition coefficient (Wildman–Crippen LogP) is 2.69. The zero-order chi connectivity index (χ0) is 14.8. The smallest absolute Gasteiger partial charge is 0.254 e. The van der Waals surface area contributed by atoms with Crippen molar-refractivity contribution in [1.29, 1.82) is 0 Å². The maximum atomic E-state index is 12.6. The average molecular weight is 303 g/mol. The lowest BCUT2D eigenvalue weighted by Gasteiger charge is -2.23. The van der Waals surface area contributed by atoms with Crippen molar-refractivity contribution < 1.29 is 4.79 Å². The van der Waals surface area contributed by atoms with Gasteiger partial charge in [-0.3, -0.25) is 4.79 Å². The number of likely N-dealkylation sites (tertiary alicyclic amines) is 1. The third-order valence-electron chi connectivity index (χ3n) is 3.60. The van der Waals surface area contributed by atoms with Crippen LogP contribution in [0.3, 0.4) is 0 Å². The number of hydrogen-bond acceptors (Lipinski definition) is 4. The highest BCUT2D eigenvalue weighted by molar-refractivity contribution is 6.30. The van der Waals surface area contributed by atoms with E-state index in [-0.39, 0.29) is 11.9 Å². The summed E-state index contributed by atoms with van der Waals surface area (Å²) in [5, 5.41) is 0.615. The SMILES string of the molecule is Nc1ccnc(C2CCCN2C(=O)c2ccc(Cl)cc2)n1. The minimum absolute atomic E-state index is 0.0276. The molecule has 6 heteroatoms. The van der Waals surface area contributed by atoms with Crippen LogP contribution in [0.15, 0.2) is 36.5 Å². The van der Waals surface area contributed by atoms with E-state index in [2.05, 4.69) is 9.97 Å². The van der Waals surface area contributed by atoms with Crippen LogP contribution in [0.25, 0.3) is 0 Å². The first-order chi connectivity index (χ1) is 10.1. The standard InChI is InChI=1S/C15H15ClN4O/c16-11-5-3-10(4-6-11)15(21)20-9-1-2-12(20)14-18-8-7-13(17)19-14/h3-8,12H,1-2,9H2,(H2,17,18,19). The van der Waals surface area contributed by atoms with Crippen LogP contribution in [0.5, 0.6) is 0 Å². The molecule has 1 aliphatic heterocycles. The first kappa shape index (κ1) is 13.8. The molecule has 2 N–H and O–H groups in total. The molecule has 0 saturated carbocycles. The normalized spacial score (nSPS) is 18.0. The molecule has 108 valence electrons. The van der Waals surface area contributed by atoms with Gasteiger partial charge in [0.05, 0.1) is 6.04 Å². The Balaban J connectivity index is 1.87. The van der Waals surface area contributed by atoms with Gasteiger partial charge in [0.1, 0.15) is 5.82 Å². The number of nitrogens with zero attached hydrogens (tertiary/aromatic N) is 3. The summed E-state index contributed by atoms with van der Waals surface area (Å²) in [5.41, 5.74) is 6.33. The van der Waals surface area contributed by atoms with Crippen LogP contribution in [-0.2, 0) is 0 Å². The fraction of sp³-hybridized carbons (Fsp3) is 0.267. The Kier molecular flexibility index (Phi) is 3.75. The molecule has 3 rings (SSSR count). The Bertz CT molecular complexity index is 659. The molecule has 0 radical (unpaired) electrons. The zero-order valence-corrected chi connectivity index (χ0v) is 12.1. The minimum atomic E-state index is -0.114. The third-order valence-corrected chi connectivity index (χ3v) is 3.85. The summed E-state index contributed by atoms with van der Waals surface area (Å²) in [5.74, 6) is 1.00. The van der Waals surface area contributed by atoms with Gasteiger partial charge < -0.3 is 10.6 Å². The Morgan fingerprint density at radius 1 is 1.29 bits per heavy atom. The van der Waals surface area contributed by atoms with Crippen molar-refractivity contribution >= 4 is 23.3 Å². The van der Waals surface area contributed by atoms with Gasteiger partial charge >= 0.3 is 0 Å². The van der Waals surface area contributed by atoms with Crippen LogP contribution >= 0.6 is 11.6 Å². The molecule has 5 nitrogen and oxygen atoms in total. The number of carbonyl (C=O) groups is 1. The molecule has 21 heavy (non-hydrogen) atoms. The van der Waals surface area contributed by atoms with Crippen LogP contribution in [0.2, 0.25) is 5.02 Å². The molecule has 1 fully saturated rings. The first-order valence-corrected chi connectivity index (χ1v) is 7.18. The fourth-order valence-corrected chi connectivity index (χ4v) is 2.71. The van der Waals surface area contributed by atoms with Gasteiger partial charge in [-0.05, 0) is 43.2 Å². The summed E-state index contributed by atoms with van der Waals surface area (Å²) in [7, 11) is 0. The van der Waals surface area contributed by atoms with Gasteiger partial charge in [0, 0.05) is 23.3 Å². The molecule has 1 saturated heterocycles. The lowest BCUT2D eigenvalue weighted by Crippen LogP contribution is -2.31. The van der Waals surface area contributed by atoms with Crippen molar-refractivity contribution in [2.24, 2.45) is 0 Å². The molecular formula is C15H15ClN4O. The van der Waals surface area contributed by atoms with E-state index >= 15 is 0 Å². The molecule has 0 bridgehead atoms. The fourth-order valence-electron chi connectivity index (χ4n) is 2.59. The summed E-state index contributed by atoms with van der Waals surface area (Å²) in [4.78, 5) is 22.9. The maximum absolute atomic E-state index is 12.6. The second kappa shape index (κ2) is 5.69. The number of aromatic nitrogens is 2. The second-order valence-electron chi connectivity index (χ2n) is 5.00. The molecule has 2 heterocycles. The van der Waals surface area contributed by atoms with E-state index in [0.717, 1.165) is 12.8 Å². The quantitative estimate of drug-likeness (QED) is 0.925. The van der Waals surface area contributed by atoms with Crippen LogP contribution in [-0.4, -0.2) is 27.3 Å². The summed E-state index contributed by atoms with van der Waals surface area (Å²) in [6.45, 7) is 0.699. The van der Waals surface area contributed by atoms with Crippen molar-refractivity contribution in [3.05, 3.63) is 52.9 Å². The van der Waals surface area contributed by atoms with E-state index < -0.39 is 0 Å². The van der Waals surface area contributed by atoms with E-state index in [1.807, 2.05) is 0 Å². The van der Waals surface area contributed by atoms with Crippen molar-refractivity contribution in [2.45, 2.75) is 18.9 Å². The number of carbonyl (C=O) groups excluding carboxylic acids is 1. The Hall–Kier alpha value is -2.14. The summed E-state index contributed by atoms with van der Waals surface area (Å²) >= 11 is 5.86. The highest BCUT2D eigenvalue weighted by atomic mass is 35.5. The number of nitrogen functional groups attached to an aromatic ring is 1. The third kappa shape index (κ3) is 2.83. The molecule has 2 aromatic rings. The maximum Gasteiger partial charge on any atom is 0.254 e. The predicted molar refractivity (Wildman–Crippen MR) is 80.9 cm³/mol. The molecule has 1 aromatic heterocycles. The van der Waals surface area contributed by atoms with Gasteiger partial charge in [-0.25, -0.2) is 9.97 Å². The number of anilines is 1. The van der Waals surface area contributed by atoms with E-state index in [0.29, 0.717) is 28.8 Å². The van der Waals surface area contributed by atoms with Crippen molar-refractivity contribution in [2.75, 3.05) is 12.3 Å². The van der Waals surface area contributed by atoms with Gasteiger partial charge in [-0.1, -0.05) is 11.6 Å². The molecule has 1 aromatic carbocycles. The topological polar surface area (TPSA) is 72.1 Å². The largest absolute Gasteiger partial charge is 0.384 e. The Labute approximate surface area is 127 Å². The number of halogens is 1. The molecule has 1 aliphatic rings. The number of benzene rings is 1. The van der Waals surface area contributed by atoms with E-state index in [4.69, 9.17) is 17.3 Å². The van der Waals surface area contributed by atoms with Crippen LogP contribution < -0.4 is 5.73 Å². The highest BCUT2D eigenvalue weighted by Gasteiger charge is 2.32. The summed E-state index contributed by atoms with van der Waals surface area (Å²) < 4.78 is 0. The van der Waals surface area contributed by atoms with Gasteiger partial charge in [-0.15, -0.1) is 0 Å². The molecule has 1 amide bonds.